The van der Waals surface area contributed by atoms with Gasteiger partial charge in [0.1, 0.15) is 0 Å². The molecule has 1 aromatic rings. The fourth-order valence-corrected chi connectivity index (χ4v) is 2.39. The van der Waals surface area contributed by atoms with Crippen LogP contribution in [0.15, 0.2) is 23.2 Å². The Labute approximate surface area is 93.4 Å². The molecule has 0 amide bonds. The lowest BCUT2D eigenvalue weighted by Crippen LogP contribution is -2.13. The Kier molecular flexibility index (Phi) is 2.52. The summed E-state index contributed by atoms with van der Waals surface area (Å²) < 4.78 is 0. The molecule has 0 fully saturated rings. The molecule has 1 aliphatic carbocycles. The minimum absolute atomic E-state index is 0.185. The van der Waals surface area contributed by atoms with Crippen LogP contribution in [-0.2, 0) is 0 Å². The molecule has 1 aliphatic rings. The monoisotopic (exact) mass is 219 g/mol. The molecule has 15 heavy (non-hydrogen) atoms. The van der Waals surface area contributed by atoms with Gasteiger partial charge in [0, 0.05) is 11.0 Å². The second-order valence-electron chi connectivity index (χ2n) is 3.67. The van der Waals surface area contributed by atoms with E-state index in [0.29, 0.717) is 10.6 Å². The molecule has 0 spiro atoms. The standard InChI is InChI=1S/C12H10ClNO/c1-7(15)12-9-4-2-3-8(6-14)10(9)5-11(12)13/h2-5,7,12,15H,1H3. The molecule has 2 unspecified atom stereocenters. The lowest BCUT2D eigenvalue weighted by Gasteiger charge is -2.16. The predicted molar refractivity (Wildman–Crippen MR) is 59.4 cm³/mol. The molecular weight excluding hydrogens is 210 g/mol. The quantitative estimate of drug-likeness (QED) is 0.789. The number of fused-ring (bicyclic) bond motifs is 1. The van der Waals surface area contributed by atoms with Gasteiger partial charge in [0.15, 0.2) is 0 Å². The third-order valence-corrected chi connectivity index (χ3v) is 3.00. The van der Waals surface area contributed by atoms with Crippen molar-refractivity contribution < 1.29 is 5.11 Å². The number of aliphatic hydroxyl groups excluding tert-OH is 1. The minimum Gasteiger partial charge on any atom is -0.392 e. The highest BCUT2D eigenvalue weighted by Gasteiger charge is 2.29. The van der Waals surface area contributed by atoms with Gasteiger partial charge in [0.05, 0.1) is 17.7 Å². The van der Waals surface area contributed by atoms with Gasteiger partial charge in [-0.05, 0) is 30.2 Å². The number of nitriles is 1. The van der Waals surface area contributed by atoms with E-state index in [4.69, 9.17) is 16.9 Å². The summed E-state index contributed by atoms with van der Waals surface area (Å²) >= 11 is 6.06. The van der Waals surface area contributed by atoms with Gasteiger partial charge in [-0.1, -0.05) is 23.7 Å². The number of halogens is 1. The molecular formula is C12H10ClNO. The summed E-state index contributed by atoms with van der Waals surface area (Å²) in [5.74, 6) is -0.185. The molecule has 2 rings (SSSR count). The predicted octanol–water partition coefficient (Wildman–Crippen LogP) is 2.62. The van der Waals surface area contributed by atoms with Crippen molar-refractivity contribution in [3.05, 3.63) is 39.9 Å². The van der Waals surface area contributed by atoms with Crippen LogP contribution in [-0.4, -0.2) is 11.2 Å². The van der Waals surface area contributed by atoms with E-state index in [2.05, 4.69) is 6.07 Å². The lowest BCUT2D eigenvalue weighted by molar-refractivity contribution is 0.178. The summed E-state index contributed by atoms with van der Waals surface area (Å²) in [5, 5.41) is 19.2. The molecule has 3 heteroatoms. The maximum atomic E-state index is 9.62. The zero-order chi connectivity index (χ0) is 11.0. The van der Waals surface area contributed by atoms with Crippen molar-refractivity contribution in [2.75, 3.05) is 0 Å². The zero-order valence-corrected chi connectivity index (χ0v) is 8.99. The third-order valence-electron chi connectivity index (χ3n) is 2.66. The summed E-state index contributed by atoms with van der Waals surface area (Å²) in [5.41, 5.74) is 2.39. The Morgan fingerprint density at radius 2 is 2.27 bits per heavy atom. The smallest absolute Gasteiger partial charge is 0.0998 e. The molecule has 76 valence electrons. The van der Waals surface area contributed by atoms with Crippen molar-refractivity contribution in [1.29, 1.82) is 5.26 Å². The maximum Gasteiger partial charge on any atom is 0.0998 e. The zero-order valence-electron chi connectivity index (χ0n) is 8.24. The number of rotatable bonds is 1. The molecule has 0 aliphatic heterocycles. The van der Waals surface area contributed by atoms with Crippen LogP contribution < -0.4 is 0 Å². The first kappa shape index (κ1) is 10.2. The highest BCUT2D eigenvalue weighted by molar-refractivity contribution is 6.33. The van der Waals surface area contributed by atoms with Crippen molar-refractivity contribution in [2.24, 2.45) is 0 Å². The Balaban J connectivity index is 2.60. The van der Waals surface area contributed by atoms with Crippen molar-refractivity contribution >= 4 is 17.7 Å². The van der Waals surface area contributed by atoms with Gasteiger partial charge in [-0.15, -0.1) is 0 Å². The summed E-state index contributed by atoms with van der Waals surface area (Å²) in [6, 6.07) is 7.59. The number of hydrogen-bond acceptors (Lipinski definition) is 2. The summed E-state index contributed by atoms with van der Waals surface area (Å²) in [6.45, 7) is 1.70. The Morgan fingerprint density at radius 1 is 1.53 bits per heavy atom. The number of hydrogen-bond donors (Lipinski definition) is 1. The van der Waals surface area contributed by atoms with Gasteiger partial charge in [0.2, 0.25) is 0 Å². The Morgan fingerprint density at radius 3 is 2.87 bits per heavy atom. The van der Waals surface area contributed by atoms with Crippen LogP contribution in [0, 0.1) is 11.3 Å². The van der Waals surface area contributed by atoms with E-state index < -0.39 is 6.10 Å². The van der Waals surface area contributed by atoms with Crippen molar-refractivity contribution in [3.8, 4) is 6.07 Å². The van der Waals surface area contributed by atoms with Gasteiger partial charge < -0.3 is 5.11 Å². The van der Waals surface area contributed by atoms with Gasteiger partial charge in [0.25, 0.3) is 0 Å². The first-order valence-electron chi connectivity index (χ1n) is 4.73. The fourth-order valence-electron chi connectivity index (χ4n) is 1.98. The molecule has 0 saturated heterocycles. The third kappa shape index (κ3) is 1.54. The normalized spacial score (nSPS) is 20.4. The van der Waals surface area contributed by atoms with E-state index in [1.54, 1.807) is 19.1 Å². The first-order valence-corrected chi connectivity index (χ1v) is 5.11. The van der Waals surface area contributed by atoms with Crippen LogP contribution in [0.4, 0.5) is 0 Å². The summed E-state index contributed by atoms with van der Waals surface area (Å²) in [4.78, 5) is 0. The molecule has 0 saturated carbocycles. The number of aliphatic hydroxyl groups is 1. The topological polar surface area (TPSA) is 44.0 Å². The molecule has 0 aromatic heterocycles. The van der Waals surface area contributed by atoms with Crippen LogP contribution >= 0.6 is 11.6 Å². The van der Waals surface area contributed by atoms with Crippen molar-refractivity contribution in [1.82, 2.24) is 0 Å². The maximum absolute atomic E-state index is 9.62. The molecule has 1 N–H and O–H groups in total. The molecule has 2 nitrogen and oxygen atoms in total. The van der Waals surface area contributed by atoms with E-state index in [-0.39, 0.29) is 5.92 Å². The summed E-state index contributed by atoms with van der Waals surface area (Å²) in [6.07, 6.45) is 1.23. The van der Waals surface area contributed by atoms with Crippen molar-refractivity contribution in [3.63, 3.8) is 0 Å². The SMILES string of the molecule is CC(O)C1C(Cl)=Cc2c(C#N)cccc21. The van der Waals surface area contributed by atoms with Crippen LogP contribution in [0.3, 0.4) is 0 Å². The van der Waals surface area contributed by atoms with E-state index in [1.807, 2.05) is 12.1 Å². The molecule has 0 radical (unpaired) electrons. The largest absolute Gasteiger partial charge is 0.392 e. The number of benzene rings is 1. The molecule has 0 bridgehead atoms. The molecule has 1 aromatic carbocycles. The fraction of sp³-hybridized carbons (Fsp3) is 0.250. The first-order chi connectivity index (χ1) is 7.15. The van der Waals surface area contributed by atoms with Gasteiger partial charge in [-0.25, -0.2) is 0 Å². The second-order valence-corrected chi connectivity index (χ2v) is 4.10. The second kappa shape index (κ2) is 3.69. The Hall–Kier alpha value is -1.30. The van der Waals surface area contributed by atoms with E-state index in [0.717, 1.165) is 11.1 Å². The summed E-state index contributed by atoms with van der Waals surface area (Å²) in [7, 11) is 0. The van der Waals surface area contributed by atoms with Crippen LogP contribution in [0.5, 0.6) is 0 Å². The van der Waals surface area contributed by atoms with E-state index in [9.17, 15) is 5.11 Å². The van der Waals surface area contributed by atoms with E-state index in [1.165, 1.54) is 0 Å². The van der Waals surface area contributed by atoms with Gasteiger partial charge in [-0.2, -0.15) is 5.26 Å². The molecule has 0 heterocycles. The van der Waals surface area contributed by atoms with Crippen LogP contribution in [0.2, 0.25) is 0 Å². The average Bonchev–Trinajstić information content (AvgIpc) is 2.53. The highest BCUT2D eigenvalue weighted by atomic mass is 35.5. The van der Waals surface area contributed by atoms with Gasteiger partial charge >= 0.3 is 0 Å². The average molecular weight is 220 g/mol. The van der Waals surface area contributed by atoms with Gasteiger partial charge in [-0.3, -0.25) is 0 Å². The van der Waals surface area contributed by atoms with Crippen molar-refractivity contribution in [2.45, 2.75) is 18.9 Å². The number of nitrogens with zero attached hydrogens (tertiary/aromatic N) is 1. The van der Waals surface area contributed by atoms with E-state index >= 15 is 0 Å². The van der Waals surface area contributed by atoms with Crippen LogP contribution in [0.25, 0.3) is 6.08 Å². The Bertz CT molecular complexity index is 471. The van der Waals surface area contributed by atoms with Crippen LogP contribution in [0.1, 0.15) is 29.5 Å². The lowest BCUT2D eigenvalue weighted by atomic mass is 9.94. The minimum atomic E-state index is -0.538. The highest BCUT2D eigenvalue weighted by Crippen LogP contribution is 2.41. The molecule has 2 atom stereocenters.